The van der Waals surface area contributed by atoms with E-state index in [1.54, 1.807) is 6.20 Å². The first kappa shape index (κ1) is 14.9. The number of thioether (sulfide) groups is 1. The zero-order valence-corrected chi connectivity index (χ0v) is 11.7. The molecule has 106 valence electrons. The van der Waals surface area contributed by atoms with Gasteiger partial charge in [0.2, 0.25) is 5.28 Å². The number of nitrogens with zero attached hydrogens (tertiary/aromatic N) is 2. The molecule has 0 bridgehead atoms. The summed E-state index contributed by atoms with van der Waals surface area (Å²) in [5.41, 5.74) is 1.20. The summed E-state index contributed by atoms with van der Waals surface area (Å²) in [5.74, 6) is -0.285. The SMILES string of the molecule is CSc1cnc(Cl)nc1-c1ccc(OC(F)(F)F)cc1. The van der Waals surface area contributed by atoms with Crippen LogP contribution < -0.4 is 4.74 Å². The van der Waals surface area contributed by atoms with Crippen LogP contribution >= 0.6 is 23.4 Å². The molecular weight excluding hydrogens is 313 g/mol. The van der Waals surface area contributed by atoms with Gasteiger partial charge in [-0.2, -0.15) is 0 Å². The maximum absolute atomic E-state index is 12.1. The van der Waals surface area contributed by atoms with Crippen molar-refractivity contribution in [1.29, 1.82) is 0 Å². The molecule has 8 heteroatoms. The summed E-state index contributed by atoms with van der Waals surface area (Å²) in [6, 6.07) is 5.42. The molecule has 0 aliphatic rings. The third-order valence-electron chi connectivity index (χ3n) is 2.31. The molecule has 0 unspecified atom stereocenters. The lowest BCUT2D eigenvalue weighted by molar-refractivity contribution is -0.274. The zero-order valence-electron chi connectivity index (χ0n) is 10.1. The predicted molar refractivity (Wildman–Crippen MR) is 70.9 cm³/mol. The van der Waals surface area contributed by atoms with Crippen LogP contribution in [0.15, 0.2) is 35.4 Å². The first-order chi connectivity index (χ1) is 9.39. The summed E-state index contributed by atoms with van der Waals surface area (Å²) in [6.07, 6.45) is -1.29. The number of hydrogen-bond donors (Lipinski definition) is 0. The number of rotatable bonds is 3. The number of halogens is 4. The summed E-state index contributed by atoms with van der Waals surface area (Å²) in [4.78, 5) is 8.73. The van der Waals surface area contributed by atoms with Gasteiger partial charge in [0.25, 0.3) is 0 Å². The average Bonchev–Trinajstić information content (AvgIpc) is 2.38. The summed E-state index contributed by atoms with van der Waals surface area (Å²) in [7, 11) is 0. The molecule has 0 saturated carbocycles. The quantitative estimate of drug-likeness (QED) is 0.619. The van der Waals surface area contributed by atoms with Gasteiger partial charge < -0.3 is 4.74 Å². The fourth-order valence-corrected chi connectivity index (χ4v) is 2.17. The van der Waals surface area contributed by atoms with Crippen molar-refractivity contribution in [1.82, 2.24) is 9.97 Å². The Morgan fingerprint density at radius 3 is 2.40 bits per heavy atom. The third-order valence-corrected chi connectivity index (χ3v) is 3.23. The Labute approximate surface area is 122 Å². The topological polar surface area (TPSA) is 35.0 Å². The maximum atomic E-state index is 12.1. The van der Waals surface area contributed by atoms with Gasteiger partial charge in [0.1, 0.15) is 5.75 Å². The summed E-state index contributed by atoms with van der Waals surface area (Å²) in [6.45, 7) is 0. The minimum absolute atomic E-state index is 0.0772. The Kier molecular flexibility index (Phi) is 4.39. The third kappa shape index (κ3) is 3.77. The Balaban J connectivity index is 2.33. The monoisotopic (exact) mass is 320 g/mol. The molecule has 2 rings (SSSR count). The standard InChI is InChI=1S/C12H8ClF3N2OS/c1-20-9-6-17-11(13)18-10(9)7-2-4-8(5-3-7)19-12(14,15)16/h2-6H,1H3. The van der Waals surface area contributed by atoms with Crippen molar-refractivity contribution >= 4 is 23.4 Å². The molecule has 0 spiro atoms. The van der Waals surface area contributed by atoms with E-state index in [9.17, 15) is 13.2 Å². The van der Waals surface area contributed by atoms with Crippen molar-refractivity contribution in [3.63, 3.8) is 0 Å². The number of ether oxygens (including phenoxy) is 1. The largest absolute Gasteiger partial charge is 0.573 e. The molecule has 0 atom stereocenters. The Hall–Kier alpha value is -1.47. The average molecular weight is 321 g/mol. The number of aromatic nitrogens is 2. The lowest BCUT2D eigenvalue weighted by Gasteiger charge is -2.10. The van der Waals surface area contributed by atoms with E-state index in [0.29, 0.717) is 11.3 Å². The first-order valence-electron chi connectivity index (χ1n) is 5.32. The van der Waals surface area contributed by atoms with Crippen LogP contribution in [0, 0.1) is 0 Å². The fraction of sp³-hybridized carbons (Fsp3) is 0.167. The number of alkyl halides is 3. The molecule has 3 nitrogen and oxygen atoms in total. The molecule has 1 aromatic carbocycles. The Morgan fingerprint density at radius 2 is 1.85 bits per heavy atom. The van der Waals surface area contributed by atoms with Crippen LogP contribution in [0.25, 0.3) is 11.3 Å². The highest BCUT2D eigenvalue weighted by Gasteiger charge is 2.31. The zero-order chi connectivity index (χ0) is 14.8. The van der Waals surface area contributed by atoms with Gasteiger partial charge in [0.05, 0.1) is 10.6 Å². The van der Waals surface area contributed by atoms with Crippen LogP contribution in [-0.4, -0.2) is 22.6 Å². The van der Waals surface area contributed by atoms with Crippen LogP contribution in [0.3, 0.4) is 0 Å². The van der Waals surface area contributed by atoms with Crippen LogP contribution in [0.5, 0.6) is 5.75 Å². The maximum Gasteiger partial charge on any atom is 0.573 e. The highest BCUT2D eigenvalue weighted by molar-refractivity contribution is 7.98. The normalized spacial score (nSPS) is 11.4. The van der Waals surface area contributed by atoms with E-state index in [2.05, 4.69) is 14.7 Å². The molecule has 20 heavy (non-hydrogen) atoms. The minimum Gasteiger partial charge on any atom is -0.406 e. The van der Waals surface area contributed by atoms with Crippen molar-refractivity contribution in [2.45, 2.75) is 11.3 Å². The van der Waals surface area contributed by atoms with Gasteiger partial charge in [-0.25, -0.2) is 9.97 Å². The van der Waals surface area contributed by atoms with Gasteiger partial charge >= 0.3 is 6.36 Å². The van der Waals surface area contributed by atoms with Crippen molar-refractivity contribution in [2.75, 3.05) is 6.26 Å². The Morgan fingerprint density at radius 1 is 1.20 bits per heavy atom. The second-order valence-corrected chi connectivity index (χ2v) is 4.81. The van der Waals surface area contributed by atoms with E-state index in [-0.39, 0.29) is 11.0 Å². The van der Waals surface area contributed by atoms with Gasteiger partial charge in [-0.05, 0) is 42.1 Å². The molecule has 0 aliphatic carbocycles. The molecule has 2 aromatic rings. The van der Waals surface area contributed by atoms with E-state index in [4.69, 9.17) is 11.6 Å². The molecule has 0 saturated heterocycles. The molecule has 0 radical (unpaired) electrons. The second kappa shape index (κ2) is 5.88. The molecule has 0 amide bonds. The second-order valence-electron chi connectivity index (χ2n) is 3.63. The highest BCUT2D eigenvalue weighted by atomic mass is 35.5. The summed E-state index contributed by atoms with van der Waals surface area (Å²) in [5, 5.41) is 0.0772. The molecule has 0 fully saturated rings. The fourth-order valence-electron chi connectivity index (χ4n) is 1.52. The molecular formula is C12H8ClF3N2OS. The van der Waals surface area contributed by atoms with Gasteiger partial charge in [-0.3, -0.25) is 0 Å². The number of hydrogen-bond acceptors (Lipinski definition) is 4. The first-order valence-corrected chi connectivity index (χ1v) is 6.92. The van der Waals surface area contributed by atoms with Gasteiger partial charge in [0.15, 0.2) is 0 Å². The van der Waals surface area contributed by atoms with Gasteiger partial charge in [-0.15, -0.1) is 24.9 Å². The summed E-state index contributed by atoms with van der Waals surface area (Å²) >= 11 is 7.16. The van der Waals surface area contributed by atoms with Crippen molar-refractivity contribution in [3.8, 4) is 17.0 Å². The molecule has 0 aliphatic heterocycles. The van der Waals surface area contributed by atoms with Crippen LogP contribution in [0.2, 0.25) is 5.28 Å². The van der Waals surface area contributed by atoms with E-state index in [1.165, 1.54) is 36.0 Å². The van der Waals surface area contributed by atoms with Crippen LogP contribution in [0.4, 0.5) is 13.2 Å². The minimum atomic E-state index is -4.70. The van der Waals surface area contributed by atoms with Crippen molar-refractivity contribution in [3.05, 3.63) is 35.7 Å². The molecule has 1 aromatic heterocycles. The highest BCUT2D eigenvalue weighted by Crippen LogP contribution is 2.31. The van der Waals surface area contributed by atoms with Crippen molar-refractivity contribution in [2.24, 2.45) is 0 Å². The molecule has 0 N–H and O–H groups in total. The van der Waals surface area contributed by atoms with Gasteiger partial charge in [-0.1, -0.05) is 0 Å². The Bertz CT molecular complexity index is 605. The van der Waals surface area contributed by atoms with Gasteiger partial charge in [0, 0.05) is 11.8 Å². The summed E-state index contributed by atoms with van der Waals surface area (Å²) < 4.78 is 40.0. The lowest BCUT2D eigenvalue weighted by atomic mass is 10.1. The van der Waals surface area contributed by atoms with Crippen LogP contribution in [0.1, 0.15) is 0 Å². The van der Waals surface area contributed by atoms with Crippen LogP contribution in [-0.2, 0) is 0 Å². The molecule has 1 heterocycles. The lowest BCUT2D eigenvalue weighted by Crippen LogP contribution is -2.16. The predicted octanol–water partition coefficient (Wildman–Crippen LogP) is 4.42. The van der Waals surface area contributed by atoms with E-state index in [0.717, 1.165) is 4.90 Å². The van der Waals surface area contributed by atoms with E-state index in [1.807, 2.05) is 6.26 Å². The van der Waals surface area contributed by atoms with Crippen molar-refractivity contribution < 1.29 is 17.9 Å². The number of benzene rings is 1. The van der Waals surface area contributed by atoms with E-state index >= 15 is 0 Å². The van der Waals surface area contributed by atoms with E-state index < -0.39 is 6.36 Å². The smallest absolute Gasteiger partial charge is 0.406 e.